The van der Waals surface area contributed by atoms with E-state index in [1.807, 2.05) is 0 Å². The predicted octanol–water partition coefficient (Wildman–Crippen LogP) is 4.22. The third kappa shape index (κ3) is 7.08. The maximum absolute atomic E-state index is 12.9. The number of rotatable bonds is 4. The molecular formula is C16H21F3N2O2. The Hall–Kier alpha value is -2.18. The predicted molar refractivity (Wildman–Crippen MR) is 83.7 cm³/mol. The SMILES string of the molecule is CC(C)(C)OC(=O)NCCC=Cc1ccc(N)cc1C(F)(F)F. The van der Waals surface area contributed by atoms with Gasteiger partial charge in [-0.3, -0.25) is 0 Å². The molecule has 0 aromatic heterocycles. The van der Waals surface area contributed by atoms with E-state index in [9.17, 15) is 18.0 Å². The molecule has 1 amide bonds. The molecule has 0 saturated heterocycles. The Labute approximate surface area is 133 Å². The van der Waals surface area contributed by atoms with Gasteiger partial charge in [0, 0.05) is 12.2 Å². The van der Waals surface area contributed by atoms with Crippen molar-refractivity contribution in [3.63, 3.8) is 0 Å². The number of nitrogens with one attached hydrogen (secondary N) is 1. The maximum Gasteiger partial charge on any atom is 0.417 e. The number of ether oxygens (including phenoxy) is 1. The van der Waals surface area contributed by atoms with Gasteiger partial charge in [-0.15, -0.1) is 0 Å². The fourth-order valence-electron chi connectivity index (χ4n) is 1.75. The zero-order valence-corrected chi connectivity index (χ0v) is 13.3. The van der Waals surface area contributed by atoms with Crippen molar-refractivity contribution in [3.05, 3.63) is 35.4 Å². The molecule has 0 aliphatic rings. The van der Waals surface area contributed by atoms with Gasteiger partial charge < -0.3 is 15.8 Å². The second kappa shape index (κ2) is 7.39. The molecule has 0 aliphatic carbocycles. The lowest BCUT2D eigenvalue weighted by Gasteiger charge is -2.19. The normalized spacial score (nSPS) is 12.4. The zero-order chi connectivity index (χ0) is 17.7. The van der Waals surface area contributed by atoms with E-state index < -0.39 is 23.4 Å². The lowest BCUT2D eigenvalue weighted by Crippen LogP contribution is -2.32. The molecule has 0 atom stereocenters. The summed E-state index contributed by atoms with van der Waals surface area (Å²) in [5.74, 6) is 0. The van der Waals surface area contributed by atoms with Crippen LogP contribution in [-0.4, -0.2) is 18.2 Å². The van der Waals surface area contributed by atoms with E-state index >= 15 is 0 Å². The summed E-state index contributed by atoms with van der Waals surface area (Å²) in [5.41, 5.74) is 4.11. The number of halogens is 3. The average molecular weight is 330 g/mol. The summed E-state index contributed by atoms with van der Waals surface area (Å²) in [7, 11) is 0. The molecular weight excluding hydrogens is 309 g/mol. The number of anilines is 1. The van der Waals surface area contributed by atoms with Crippen LogP contribution in [0.3, 0.4) is 0 Å². The van der Waals surface area contributed by atoms with Gasteiger partial charge in [0.25, 0.3) is 0 Å². The highest BCUT2D eigenvalue weighted by atomic mass is 19.4. The Morgan fingerprint density at radius 1 is 1.30 bits per heavy atom. The second-order valence-electron chi connectivity index (χ2n) is 5.96. The zero-order valence-electron chi connectivity index (χ0n) is 13.3. The number of hydrogen-bond acceptors (Lipinski definition) is 3. The number of nitrogens with two attached hydrogens (primary N) is 1. The first-order valence-electron chi connectivity index (χ1n) is 7.09. The summed E-state index contributed by atoms with van der Waals surface area (Å²) in [6.07, 6.45) is -1.74. The van der Waals surface area contributed by atoms with Crippen molar-refractivity contribution in [1.82, 2.24) is 5.32 Å². The van der Waals surface area contributed by atoms with Crippen LogP contribution in [0.1, 0.15) is 38.3 Å². The van der Waals surface area contributed by atoms with Gasteiger partial charge in [-0.2, -0.15) is 13.2 Å². The average Bonchev–Trinajstić information content (AvgIpc) is 2.36. The number of alkyl halides is 3. The molecule has 1 aromatic carbocycles. The third-order valence-electron chi connectivity index (χ3n) is 2.66. The van der Waals surface area contributed by atoms with Gasteiger partial charge in [0.15, 0.2) is 0 Å². The minimum absolute atomic E-state index is 0.0315. The van der Waals surface area contributed by atoms with Gasteiger partial charge >= 0.3 is 12.3 Å². The van der Waals surface area contributed by atoms with Gasteiger partial charge in [0.1, 0.15) is 5.60 Å². The number of amides is 1. The standard InChI is InChI=1S/C16H21F3N2O2/c1-15(2,3)23-14(22)21-9-5-4-6-11-7-8-12(20)10-13(11)16(17,18)19/h4,6-8,10H,5,9,20H2,1-3H3,(H,21,22). The lowest BCUT2D eigenvalue weighted by atomic mass is 10.1. The summed E-state index contributed by atoms with van der Waals surface area (Å²) in [6, 6.07) is 3.63. The number of nitrogen functional groups attached to an aromatic ring is 1. The van der Waals surface area contributed by atoms with Crippen molar-refractivity contribution in [2.45, 2.75) is 39.0 Å². The van der Waals surface area contributed by atoms with Gasteiger partial charge in [-0.05, 0) is 44.9 Å². The second-order valence-corrected chi connectivity index (χ2v) is 5.96. The fraction of sp³-hybridized carbons (Fsp3) is 0.438. The van der Waals surface area contributed by atoms with Gasteiger partial charge in [0.05, 0.1) is 5.56 Å². The number of carbonyl (C=O) groups excluding carboxylic acids is 1. The topological polar surface area (TPSA) is 64.3 Å². The monoisotopic (exact) mass is 330 g/mol. The maximum atomic E-state index is 12.9. The largest absolute Gasteiger partial charge is 0.444 e. The molecule has 7 heteroatoms. The highest BCUT2D eigenvalue weighted by molar-refractivity contribution is 5.67. The van der Waals surface area contributed by atoms with Crippen LogP contribution < -0.4 is 11.1 Å². The first-order chi connectivity index (χ1) is 10.5. The summed E-state index contributed by atoms with van der Waals surface area (Å²) in [5, 5.41) is 2.52. The molecule has 0 saturated carbocycles. The molecule has 0 spiro atoms. The highest BCUT2D eigenvalue weighted by Gasteiger charge is 2.32. The Bertz CT molecular complexity index is 576. The smallest absolute Gasteiger partial charge is 0.417 e. The molecule has 0 aliphatic heterocycles. The molecule has 128 valence electrons. The van der Waals surface area contributed by atoms with Crippen molar-refractivity contribution in [2.75, 3.05) is 12.3 Å². The van der Waals surface area contributed by atoms with E-state index in [2.05, 4.69) is 5.32 Å². The first-order valence-corrected chi connectivity index (χ1v) is 7.09. The molecule has 1 rings (SSSR count). The van der Waals surface area contributed by atoms with E-state index in [1.54, 1.807) is 26.8 Å². The van der Waals surface area contributed by atoms with Crippen LogP contribution in [0.5, 0.6) is 0 Å². The summed E-state index contributed by atoms with van der Waals surface area (Å²) in [6.45, 7) is 5.49. The molecule has 0 fully saturated rings. The van der Waals surface area contributed by atoms with E-state index in [-0.39, 0.29) is 17.8 Å². The minimum Gasteiger partial charge on any atom is -0.444 e. The van der Waals surface area contributed by atoms with Gasteiger partial charge in [-0.25, -0.2) is 4.79 Å². The van der Waals surface area contributed by atoms with Crippen molar-refractivity contribution < 1.29 is 22.7 Å². The van der Waals surface area contributed by atoms with E-state index in [1.165, 1.54) is 18.2 Å². The number of hydrogen-bond donors (Lipinski definition) is 2. The van der Waals surface area contributed by atoms with Crippen LogP contribution in [0.15, 0.2) is 24.3 Å². The summed E-state index contributed by atoms with van der Waals surface area (Å²) < 4.78 is 43.8. The van der Waals surface area contributed by atoms with Crippen LogP contribution >= 0.6 is 0 Å². The van der Waals surface area contributed by atoms with Gasteiger partial charge in [-0.1, -0.05) is 18.2 Å². The van der Waals surface area contributed by atoms with Crippen LogP contribution in [0.25, 0.3) is 6.08 Å². The van der Waals surface area contributed by atoms with E-state index in [0.29, 0.717) is 6.42 Å². The first kappa shape index (κ1) is 18.9. The Balaban J connectivity index is 2.58. The van der Waals surface area contributed by atoms with Crippen molar-refractivity contribution >= 4 is 17.9 Å². The van der Waals surface area contributed by atoms with Crippen LogP contribution in [0.2, 0.25) is 0 Å². The summed E-state index contributed by atoms with van der Waals surface area (Å²) in [4.78, 5) is 11.4. The molecule has 0 bridgehead atoms. The molecule has 1 aromatic rings. The van der Waals surface area contributed by atoms with Crippen molar-refractivity contribution in [1.29, 1.82) is 0 Å². The lowest BCUT2D eigenvalue weighted by molar-refractivity contribution is -0.137. The highest BCUT2D eigenvalue weighted by Crippen LogP contribution is 2.33. The summed E-state index contributed by atoms with van der Waals surface area (Å²) >= 11 is 0. The molecule has 0 radical (unpaired) electrons. The molecule has 23 heavy (non-hydrogen) atoms. The number of carbonyl (C=O) groups is 1. The van der Waals surface area contributed by atoms with Crippen LogP contribution in [0, 0.1) is 0 Å². The molecule has 0 heterocycles. The van der Waals surface area contributed by atoms with Crippen LogP contribution in [0.4, 0.5) is 23.7 Å². The minimum atomic E-state index is -4.47. The molecule has 0 unspecified atom stereocenters. The van der Waals surface area contributed by atoms with Crippen LogP contribution in [-0.2, 0) is 10.9 Å². The van der Waals surface area contributed by atoms with E-state index in [4.69, 9.17) is 10.5 Å². The molecule has 4 nitrogen and oxygen atoms in total. The Morgan fingerprint density at radius 2 is 1.96 bits per heavy atom. The number of alkyl carbamates (subject to hydrolysis) is 1. The van der Waals surface area contributed by atoms with E-state index in [0.717, 1.165) is 6.07 Å². The van der Waals surface area contributed by atoms with Crippen molar-refractivity contribution in [2.24, 2.45) is 0 Å². The fourth-order valence-corrected chi connectivity index (χ4v) is 1.75. The van der Waals surface area contributed by atoms with Gasteiger partial charge in [0.2, 0.25) is 0 Å². The molecule has 3 N–H and O–H groups in total. The Kier molecular flexibility index (Phi) is 6.06. The van der Waals surface area contributed by atoms with Crippen molar-refractivity contribution in [3.8, 4) is 0 Å². The quantitative estimate of drug-likeness (QED) is 0.642. The third-order valence-corrected chi connectivity index (χ3v) is 2.66. The Morgan fingerprint density at radius 3 is 2.52 bits per heavy atom. The number of benzene rings is 1.